The van der Waals surface area contributed by atoms with Gasteiger partial charge in [0.25, 0.3) is 0 Å². The fourth-order valence-corrected chi connectivity index (χ4v) is 4.92. The molecule has 0 bridgehead atoms. The molecule has 2 N–H and O–H groups in total. The quantitative estimate of drug-likeness (QED) is 0.420. The summed E-state index contributed by atoms with van der Waals surface area (Å²) in [4.78, 5) is 20.5. The van der Waals surface area contributed by atoms with Crippen molar-refractivity contribution in [3.63, 3.8) is 0 Å². The van der Waals surface area contributed by atoms with E-state index in [9.17, 15) is 9.18 Å². The molecule has 0 saturated carbocycles. The molecule has 0 radical (unpaired) electrons. The van der Waals surface area contributed by atoms with Gasteiger partial charge in [0.05, 0.1) is 17.4 Å². The Morgan fingerprint density at radius 2 is 1.85 bits per heavy atom. The summed E-state index contributed by atoms with van der Waals surface area (Å²) < 4.78 is 13.3. The van der Waals surface area contributed by atoms with Gasteiger partial charge in [-0.05, 0) is 66.6 Å². The molecule has 1 fully saturated rings. The van der Waals surface area contributed by atoms with Crippen LogP contribution in [-0.4, -0.2) is 47.9 Å². The molecular weight excluding hydrogens is 437 g/mol. The Kier molecular flexibility index (Phi) is 6.27. The third kappa shape index (κ3) is 4.71. The van der Waals surface area contributed by atoms with E-state index in [0.717, 1.165) is 37.1 Å². The lowest BCUT2D eigenvalue weighted by molar-refractivity contribution is -0.839. The van der Waals surface area contributed by atoms with Crippen molar-refractivity contribution in [1.29, 1.82) is 0 Å². The second-order valence-electron chi connectivity index (χ2n) is 8.60. The summed E-state index contributed by atoms with van der Waals surface area (Å²) in [6.45, 7) is 3.16. The van der Waals surface area contributed by atoms with E-state index in [1.54, 1.807) is 12.1 Å². The number of nitrogens with zero attached hydrogens (tertiary/aromatic N) is 1. The highest BCUT2D eigenvalue weighted by Crippen LogP contribution is 2.21. The van der Waals surface area contributed by atoms with E-state index < -0.39 is 0 Å². The van der Waals surface area contributed by atoms with Gasteiger partial charge in [-0.15, -0.1) is 0 Å². The first-order valence-electron chi connectivity index (χ1n) is 11.3. The van der Waals surface area contributed by atoms with Gasteiger partial charge in [0, 0.05) is 29.9 Å². The Morgan fingerprint density at radius 3 is 2.64 bits per heavy atom. The molecule has 6 heteroatoms. The molecule has 1 saturated heterocycles. The second-order valence-corrected chi connectivity index (χ2v) is 9.04. The van der Waals surface area contributed by atoms with Crippen molar-refractivity contribution >= 4 is 34.0 Å². The Bertz CT molecular complexity index is 1250. The Balaban J connectivity index is 1.40. The molecule has 0 amide bonds. The summed E-state index contributed by atoms with van der Waals surface area (Å²) >= 11 is 6.05. The van der Waals surface area contributed by atoms with Crippen LogP contribution >= 0.6 is 11.6 Å². The number of hydrogen-bond donors (Lipinski definition) is 2. The number of H-pyrrole nitrogens is 1. The first-order chi connectivity index (χ1) is 16.1. The summed E-state index contributed by atoms with van der Waals surface area (Å²) in [6.07, 6.45) is 2.73. The van der Waals surface area contributed by atoms with Gasteiger partial charge in [-0.25, -0.2) is 4.39 Å². The van der Waals surface area contributed by atoms with Gasteiger partial charge < -0.3 is 4.98 Å². The average Bonchev–Trinajstić information content (AvgIpc) is 3.33. The monoisotopic (exact) mass is 462 g/mol. The predicted octanol–water partition coefficient (Wildman–Crippen LogP) is 4.29. The number of hydrogen-bond acceptors (Lipinski definition) is 2. The number of ketones is 1. The van der Waals surface area contributed by atoms with Crippen molar-refractivity contribution in [2.24, 2.45) is 0 Å². The van der Waals surface area contributed by atoms with E-state index in [2.05, 4.69) is 34.1 Å². The highest BCUT2D eigenvalue weighted by molar-refractivity contribution is 6.30. The van der Waals surface area contributed by atoms with Crippen LogP contribution in [0.5, 0.6) is 0 Å². The first kappa shape index (κ1) is 21.8. The van der Waals surface area contributed by atoms with E-state index in [-0.39, 0.29) is 17.6 Å². The smallest absolute Gasteiger partial charge is 0.185 e. The number of nitrogens with one attached hydrogen (secondary N) is 2. The van der Waals surface area contributed by atoms with Gasteiger partial charge in [0.15, 0.2) is 5.78 Å². The lowest BCUT2D eigenvalue weighted by atomic mass is 9.99. The fraction of sp³-hybridized carbons (Fsp3) is 0.222. The summed E-state index contributed by atoms with van der Waals surface area (Å²) in [5.41, 5.74) is 4.08. The van der Waals surface area contributed by atoms with Crippen molar-refractivity contribution in [3.05, 3.63) is 101 Å². The molecule has 2 unspecified atom stereocenters. The number of aromatic nitrogens is 1. The summed E-state index contributed by atoms with van der Waals surface area (Å²) in [5, 5.41) is 1.82. The molecule has 1 aliphatic rings. The van der Waals surface area contributed by atoms with Crippen LogP contribution in [0.2, 0.25) is 5.02 Å². The zero-order valence-electron chi connectivity index (χ0n) is 18.2. The van der Waals surface area contributed by atoms with Gasteiger partial charge in [-0.2, -0.15) is 0 Å². The maximum atomic E-state index is 13.6. The van der Waals surface area contributed by atoms with Crippen molar-refractivity contribution < 1.29 is 14.1 Å². The van der Waals surface area contributed by atoms with Crippen molar-refractivity contribution in [3.8, 4) is 0 Å². The molecule has 1 aliphatic heterocycles. The third-order valence-electron chi connectivity index (χ3n) is 6.59. The van der Waals surface area contributed by atoms with E-state index in [1.165, 1.54) is 28.1 Å². The number of quaternary nitrogens is 1. The molecule has 168 valence electrons. The van der Waals surface area contributed by atoms with Crippen molar-refractivity contribution in [2.75, 3.05) is 26.2 Å². The molecule has 4 nitrogen and oxygen atoms in total. The van der Waals surface area contributed by atoms with E-state index in [0.29, 0.717) is 17.1 Å². The zero-order valence-corrected chi connectivity index (χ0v) is 19.0. The third-order valence-corrected chi connectivity index (χ3v) is 6.84. The fourth-order valence-electron chi connectivity index (χ4n) is 4.79. The summed E-state index contributed by atoms with van der Waals surface area (Å²) in [6, 6.07) is 21.9. The summed E-state index contributed by atoms with van der Waals surface area (Å²) in [7, 11) is 0. The van der Waals surface area contributed by atoms with Crippen LogP contribution in [0.3, 0.4) is 0 Å². The topological polar surface area (TPSA) is 40.5 Å². The van der Waals surface area contributed by atoms with Gasteiger partial charge in [-0.3, -0.25) is 14.6 Å². The number of Topliss-reactive ketones (excluding diaryl/α,β-unsaturated/α-hetero) is 1. The van der Waals surface area contributed by atoms with Crippen LogP contribution < -0.4 is 4.90 Å². The molecule has 3 aromatic carbocycles. The largest absolute Gasteiger partial charge is 0.361 e. The molecule has 1 aromatic heterocycles. The number of carbonyl (C=O) groups excluding carboxylic acids is 1. The number of aromatic amines is 1. The summed E-state index contributed by atoms with van der Waals surface area (Å²) in [5.74, 6) is -0.116. The van der Waals surface area contributed by atoms with Gasteiger partial charge in [0.1, 0.15) is 24.1 Å². The van der Waals surface area contributed by atoms with Crippen LogP contribution in [0.25, 0.3) is 10.9 Å². The number of rotatable bonds is 6. The number of carbonyl (C=O) groups is 1. The number of halogens is 2. The van der Waals surface area contributed by atoms with Crippen molar-refractivity contribution in [2.45, 2.75) is 12.5 Å². The van der Waals surface area contributed by atoms with Crippen LogP contribution in [0.1, 0.15) is 15.9 Å². The van der Waals surface area contributed by atoms with Crippen molar-refractivity contribution in [1.82, 2.24) is 9.88 Å². The molecule has 2 atom stereocenters. The highest BCUT2D eigenvalue weighted by Gasteiger charge is 2.36. The van der Waals surface area contributed by atoms with Crippen LogP contribution in [0, 0.1) is 5.82 Å². The normalized spacial score (nSPS) is 19.1. The van der Waals surface area contributed by atoms with Crippen LogP contribution in [0.4, 0.5) is 10.1 Å². The minimum absolute atomic E-state index is 0.115. The lowest BCUT2D eigenvalue weighted by Gasteiger charge is -2.38. The lowest BCUT2D eigenvalue weighted by Crippen LogP contribution is -3.11. The predicted molar refractivity (Wildman–Crippen MR) is 130 cm³/mol. The SMILES string of the molecule is O=C(c1ccc(Cl)cc1)C1C[NH+](c2cccc3[nH]ccc23)CCN1CCc1ccc(F)cc1. The van der Waals surface area contributed by atoms with Crippen LogP contribution in [0.15, 0.2) is 79.0 Å². The minimum atomic E-state index is -0.246. The maximum absolute atomic E-state index is 13.6. The number of fused-ring (bicyclic) bond motifs is 1. The molecule has 0 spiro atoms. The van der Waals surface area contributed by atoms with E-state index >= 15 is 0 Å². The molecular formula is C27H26ClFN3O+. The maximum Gasteiger partial charge on any atom is 0.185 e. The highest BCUT2D eigenvalue weighted by atomic mass is 35.5. The standard InChI is InChI=1S/C27H25ClFN3O/c28-21-8-6-20(7-9-21)27(33)26-18-32(25-3-1-2-24-23(25)12-14-30-24)17-16-31(26)15-13-19-4-10-22(29)11-5-19/h1-12,14,26,30H,13,15-18H2/p+1. The van der Waals surface area contributed by atoms with Gasteiger partial charge in [0.2, 0.25) is 0 Å². The average molecular weight is 463 g/mol. The number of piperazine rings is 1. The second kappa shape index (κ2) is 9.48. The Morgan fingerprint density at radius 1 is 1.06 bits per heavy atom. The zero-order chi connectivity index (χ0) is 22.8. The van der Waals surface area contributed by atoms with E-state index in [4.69, 9.17) is 11.6 Å². The Hall–Kier alpha value is -2.99. The van der Waals surface area contributed by atoms with Gasteiger partial charge >= 0.3 is 0 Å². The molecule has 5 rings (SSSR count). The molecule has 2 heterocycles. The Labute approximate surface area is 197 Å². The molecule has 0 aliphatic carbocycles. The number of benzene rings is 3. The van der Waals surface area contributed by atoms with Crippen LogP contribution in [-0.2, 0) is 6.42 Å². The molecule has 33 heavy (non-hydrogen) atoms. The molecule has 4 aromatic rings. The van der Waals surface area contributed by atoms with Gasteiger partial charge in [-0.1, -0.05) is 29.8 Å². The first-order valence-corrected chi connectivity index (χ1v) is 11.7. The minimum Gasteiger partial charge on any atom is -0.361 e. The van der Waals surface area contributed by atoms with E-state index in [1.807, 2.05) is 30.5 Å².